The van der Waals surface area contributed by atoms with Crippen molar-refractivity contribution < 1.29 is 12.8 Å². The molecule has 0 amide bonds. The number of nitrogens with one attached hydrogen (secondary N) is 1. The molecule has 0 saturated heterocycles. The maximum absolute atomic E-state index is 12.6. The molecule has 0 bridgehead atoms. The highest BCUT2D eigenvalue weighted by molar-refractivity contribution is 7.93. The van der Waals surface area contributed by atoms with Crippen molar-refractivity contribution in [3.8, 4) is 0 Å². The van der Waals surface area contributed by atoms with Gasteiger partial charge in [0.15, 0.2) is 10.7 Å². The monoisotopic (exact) mass is 365 g/mol. The predicted octanol–water partition coefficient (Wildman–Crippen LogP) is 2.27. The molecule has 0 radical (unpaired) electrons. The molecule has 126 valence electrons. The fourth-order valence-electron chi connectivity index (χ4n) is 2.85. The van der Waals surface area contributed by atoms with Gasteiger partial charge in [-0.05, 0) is 37.8 Å². The molecule has 0 saturated carbocycles. The standard InChI is InChI=1S/C15H15N3O4S2/c1-18-11-7-6-9(8-12(11)22-15(18)19)24(20,21)17-14-16-10-4-2-3-5-13(10)23-14/h6-8H,2-5H2,1H3,(H,16,17). The van der Waals surface area contributed by atoms with E-state index in [9.17, 15) is 13.2 Å². The van der Waals surface area contributed by atoms with Gasteiger partial charge in [0.1, 0.15) is 0 Å². The van der Waals surface area contributed by atoms with Crippen LogP contribution in [0.4, 0.5) is 5.13 Å². The van der Waals surface area contributed by atoms with Crippen molar-refractivity contribution >= 4 is 37.6 Å². The molecule has 1 aliphatic rings. The highest BCUT2D eigenvalue weighted by Gasteiger charge is 2.21. The predicted molar refractivity (Wildman–Crippen MR) is 91.0 cm³/mol. The third-order valence-electron chi connectivity index (χ3n) is 4.14. The summed E-state index contributed by atoms with van der Waals surface area (Å²) in [6.07, 6.45) is 4.06. The second-order valence-electron chi connectivity index (χ2n) is 5.76. The molecule has 0 spiro atoms. The van der Waals surface area contributed by atoms with E-state index in [2.05, 4.69) is 9.71 Å². The van der Waals surface area contributed by atoms with Crippen molar-refractivity contribution in [2.45, 2.75) is 30.6 Å². The van der Waals surface area contributed by atoms with Crippen LogP contribution in [0.15, 0.2) is 32.3 Å². The first-order valence-corrected chi connectivity index (χ1v) is 9.85. The zero-order valence-corrected chi connectivity index (χ0v) is 14.5. The van der Waals surface area contributed by atoms with Gasteiger partial charge in [-0.15, -0.1) is 11.3 Å². The summed E-state index contributed by atoms with van der Waals surface area (Å²) < 4.78 is 34.1. The SMILES string of the molecule is Cn1c(=O)oc2cc(S(=O)(=O)Nc3nc4c(s3)CCCC4)ccc21. The van der Waals surface area contributed by atoms with Crippen LogP contribution >= 0.6 is 11.3 Å². The third kappa shape index (κ3) is 2.53. The van der Waals surface area contributed by atoms with E-state index < -0.39 is 15.8 Å². The number of rotatable bonds is 3. The smallest absolute Gasteiger partial charge is 0.408 e. The maximum Gasteiger partial charge on any atom is 0.419 e. The molecule has 0 fully saturated rings. The molecular formula is C15H15N3O4S2. The summed E-state index contributed by atoms with van der Waals surface area (Å²) in [5.41, 5.74) is 1.78. The van der Waals surface area contributed by atoms with Gasteiger partial charge in [-0.3, -0.25) is 9.29 Å². The summed E-state index contributed by atoms with van der Waals surface area (Å²) >= 11 is 1.39. The lowest BCUT2D eigenvalue weighted by Gasteiger charge is -2.06. The second-order valence-corrected chi connectivity index (χ2v) is 8.52. The number of anilines is 1. The van der Waals surface area contributed by atoms with Crippen molar-refractivity contribution in [3.05, 3.63) is 39.3 Å². The number of hydrogen-bond acceptors (Lipinski definition) is 6. The first-order chi connectivity index (χ1) is 11.4. The molecule has 1 aromatic carbocycles. The zero-order valence-electron chi connectivity index (χ0n) is 12.9. The summed E-state index contributed by atoms with van der Waals surface area (Å²) in [5.74, 6) is -0.528. The Labute approximate surface area is 142 Å². The molecule has 2 aromatic heterocycles. The first-order valence-electron chi connectivity index (χ1n) is 7.55. The van der Waals surface area contributed by atoms with E-state index in [1.807, 2.05) is 0 Å². The summed E-state index contributed by atoms with van der Waals surface area (Å²) in [7, 11) is -2.21. The average Bonchev–Trinajstić information content (AvgIpc) is 3.07. The van der Waals surface area contributed by atoms with Crippen molar-refractivity contribution in [2.75, 3.05) is 4.72 Å². The second kappa shape index (κ2) is 5.45. The minimum atomic E-state index is -3.78. The molecule has 4 rings (SSSR count). The average molecular weight is 365 g/mol. The molecule has 7 nitrogen and oxygen atoms in total. The van der Waals surface area contributed by atoms with E-state index in [0.29, 0.717) is 10.6 Å². The van der Waals surface area contributed by atoms with Gasteiger partial charge in [-0.25, -0.2) is 18.2 Å². The summed E-state index contributed by atoms with van der Waals surface area (Å²) in [6, 6.07) is 4.36. The molecule has 0 atom stereocenters. The maximum atomic E-state index is 12.6. The Morgan fingerprint density at radius 1 is 1.29 bits per heavy atom. The normalized spacial score (nSPS) is 14.7. The van der Waals surface area contributed by atoms with Crippen molar-refractivity contribution in [1.82, 2.24) is 9.55 Å². The van der Waals surface area contributed by atoms with Crippen LogP contribution in [0.1, 0.15) is 23.4 Å². The Kier molecular flexibility index (Phi) is 3.50. The number of oxazole rings is 1. The van der Waals surface area contributed by atoms with Crippen molar-refractivity contribution in [1.29, 1.82) is 0 Å². The van der Waals surface area contributed by atoms with E-state index in [1.165, 1.54) is 28.0 Å². The molecule has 1 N–H and O–H groups in total. The minimum absolute atomic E-state index is 0.0394. The van der Waals surface area contributed by atoms with Crippen LogP contribution in [0.5, 0.6) is 0 Å². The molecule has 0 unspecified atom stereocenters. The van der Waals surface area contributed by atoms with Gasteiger partial charge in [0.2, 0.25) is 0 Å². The van der Waals surface area contributed by atoms with E-state index in [4.69, 9.17) is 4.42 Å². The van der Waals surface area contributed by atoms with E-state index in [-0.39, 0.29) is 10.5 Å². The fraction of sp³-hybridized carbons (Fsp3) is 0.333. The van der Waals surface area contributed by atoms with Crippen LogP contribution in [0, 0.1) is 0 Å². The Hall–Kier alpha value is -2.13. The van der Waals surface area contributed by atoms with Gasteiger partial charge in [-0.1, -0.05) is 0 Å². The highest BCUT2D eigenvalue weighted by Crippen LogP contribution is 2.31. The molecule has 9 heteroatoms. The van der Waals surface area contributed by atoms with Crippen LogP contribution in [0.25, 0.3) is 11.1 Å². The van der Waals surface area contributed by atoms with Crippen LogP contribution in [-0.2, 0) is 29.9 Å². The van der Waals surface area contributed by atoms with Gasteiger partial charge < -0.3 is 4.42 Å². The lowest BCUT2D eigenvalue weighted by Crippen LogP contribution is -2.12. The molecule has 1 aliphatic carbocycles. The Bertz CT molecular complexity index is 1070. The number of fused-ring (bicyclic) bond motifs is 2. The van der Waals surface area contributed by atoms with E-state index in [1.54, 1.807) is 13.1 Å². The highest BCUT2D eigenvalue weighted by atomic mass is 32.2. The Morgan fingerprint density at radius 3 is 2.88 bits per heavy atom. The molecular weight excluding hydrogens is 350 g/mol. The number of thiazole rings is 1. The van der Waals surface area contributed by atoms with Crippen LogP contribution < -0.4 is 10.5 Å². The molecule has 24 heavy (non-hydrogen) atoms. The quantitative estimate of drug-likeness (QED) is 0.768. The van der Waals surface area contributed by atoms with Gasteiger partial charge >= 0.3 is 5.76 Å². The van der Waals surface area contributed by atoms with Gasteiger partial charge in [0, 0.05) is 18.0 Å². The Balaban J connectivity index is 1.69. The van der Waals surface area contributed by atoms with Gasteiger partial charge in [0.05, 0.1) is 16.1 Å². The summed E-state index contributed by atoms with van der Waals surface area (Å²) in [6.45, 7) is 0. The fourth-order valence-corrected chi connectivity index (χ4v) is 5.15. The van der Waals surface area contributed by atoms with E-state index in [0.717, 1.165) is 36.3 Å². The van der Waals surface area contributed by atoms with Crippen LogP contribution in [0.2, 0.25) is 0 Å². The molecule has 3 aromatic rings. The Morgan fingerprint density at radius 2 is 2.08 bits per heavy atom. The zero-order chi connectivity index (χ0) is 16.9. The lowest BCUT2D eigenvalue weighted by molar-refractivity contribution is 0.527. The molecule has 2 heterocycles. The van der Waals surface area contributed by atoms with Crippen LogP contribution in [0.3, 0.4) is 0 Å². The minimum Gasteiger partial charge on any atom is -0.408 e. The summed E-state index contributed by atoms with van der Waals surface area (Å²) in [4.78, 5) is 17.1. The number of nitrogens with zero attached hydrogens (tertiary/aromatic N) is 2. The van der Waals surface area contributed by atoms with Gasteiger partial charge in [-0.2, -0.15) is 0 Å². The van der Waals surface area contributed by atoms with Crippen molar-refractivity contribution in [3.63, 3.8) is 0 Å². The van der Waals surface area contributed by atoms with E-state index >= 15 is 0 Å². The lowest BCUT2D eigenvalue weighted by atomic mass is 10.0. The van der Waals surface area contributed by atoms with Gasteiger partial charge in [0.25, 0.3) is 10.0 Å². The molecule has 0 aliphatic heterocycles. The third-order valence-corrected chi connectivity index (χ3v) is 6.68. The largest absolute Gasteiger partial charge is 0.419 e. The van der Waals surface area contributed by atoms with Crippen LogP contribution in [-0.4, -0.2) is 18.0 Å². The first kappa shape index (κ1) is 15.4. The number of hydrogen-bond donors (Lipinski definition) is 1. The topological polar surface area (TPSA) is 94.2 Å². The van der Waals surface area contributed by atoms with Crippen molar-refractivity contribution in [2.24, 2.45) is 7.05 Å². The number of benzene rings is 1. The number of aryl methyl sites for hydroxylation is 3. The summed E-state index contributed by atoms with van der Waals surface area (Å²) in [5, 5.41) is 0.386. The number of aromatic nitrogens is 2. The number of sulfonamides is 1.